The van der Waals surface area contributed by atoms with Crippen molar-refractivity contribution in [3.8, 4) is 0 Å². The van der Waals surface area contributed by atoms with E-state index in [2.05, 4.69) is 37.8 Å². The topological polar surface area (TPSA) is 26.0 Å². The molecule has 0 bridgehead atoms. The lowest BCUT2D eigenvalue weighted by atomic mass is 10.0. The van der Waals surface area contributed by atoms with Gasteiger partial charge in [-0.3, -0.25) is 0 Å². The number of rotatable bonds is 5. The zero-order chi connectivity index (χ0) is 10.4. The third kappa shape index (κ3) is 3.35. The van der Waals surface area contributed by atoms with Gasteiger partial charge in [-0.2, -0.15) is 0 Å². The van der Waals surface area contributed by atoms with Gasteiger partial charge in [0.1, 0.15) is 0 Å². The van der Waals surface area contributed by atoms with E-state index in [9.17, 15) is 0 Å². The Hall–Kier alpha value is -1.08. The maximum atomic E-state index is 5.97. The minimum absolute atomic E-state index is 0.301. The largest absolute Gasteiger partial charge is 0.327 e. The molecule has 14 heavy (non-hydrogen) atoms. The predicted molar refractivity (Wildman–Crippen MR) is 63.1 cm³/mol. The molecule has 0 aliphatic carbocycles. The quantitative estimate of drug-likeness (QED) is 0.757. The van der Waals surface area contributed by atoms with Crippen LogP contribution in [0.5, 0.6) is 0 Å². The summed E-state index contributed by atoms with van der Waals surface area (Å²) in [4.78, 5) is 0. The molecule has 0 amide bonds. The third-order valence-corrected chi connectivity index (χ3v) is 2.37. The molecule has 0 radical (unpaired) electrons. The van der Waals surface area contributed by atoms with Gasteiger partial charge in [0.15, 0.2) is 0 Å². The molecule has 2 N–H and O–H groups in total. The summed E-state index contributed by atoms with van der Waals surface area (Å²) in [5, 5.41) is 0. The lowest BCUT2D eigenvalue weighted by Gasteiger charge is -2.09. The van der Waals surface area contributed by atoms with Crippen molar-refractivity contribution in [1.29, 1.82) is 0 Å². The maximum absolute atomic E-state index is 5.97. The second-order valence-corrected chi connectivity index (χ2v) is 3.70. The lowest BCUT2D eigenvalue weighted by molar-refractivity contribution is 0.600. The summed E-state index contributed by atoms with van der Waals surface area (Å²) in [5.74, 6) is 0. The maximum Gasteiger partial charge on any atom is 0.00792 e. The van der Waals surface area contributed by atoms with Crippen molar-refractivity contribution in [3.63, 3.8) is 0 Å². The molecule has 0 saturated carbocycles. The molecule has 1 heteroatoms. The fraction of sp³-hybridized carbons (Fsp3) is 0.385. The fourth-order valence-electron chi connectivity index (χ4n) is 1.57. The monoisotopic (exact) mass is 189 g/mol. The van der Waals surface area contributed by atoms with Crippen LogP contribution in [0.2, 0.25) is 0 Å². The van der Waals surface area contributed by atoms with Gasteiger partial charge in [0.2, 0.25) is 0 Å². The van der Waals surface area contributed by atoms with Crippen LogP contribution in [0.15, 0.2) is 30.8 Å². The van der Waals surface area contributed by atoms with Crippen LogP contribution in [0.25, 0.3) is 6.08 Å². The minimum Gasteiger partial charge on any atom is -0.327 e. The van der Waals surface area contributed by atoms with Crippen molar-refractivity contribution in [2.24, 2.45) is 5.73 Å². The van der Waals surface area contributed by atoms with E-state index in [0.717, 1.165) is 24.8 Å². The molecule has 1 aromatic rings. The van der Waals surface area contributed by atoms with E-state index < -0.39 is 0 Å². The highest BCUT2D eigenvalue weighted by Crippen LogP contribution is 2.08. The second kappa shape index (κ2) is 5.61. The highest BCUT2D eigenvalue weighted by Gasteiger charge is 2.01. The summed E-state index contributed by atoms with van der Waals surface area (Å²) in [6, 6.07) is 8.73. The molecule has 76 valence electrons. The molecule has 0 aliphatic rings. The Balaban J connectivity index is 2.55. The van der Waals surface area contributed by atoms with Gasteiger partial charge in [0.25, 0.3) is 0 Å². The van der Waals surface area contributed by atoms with Gasteiger partial charge >= 0.3 is 0 Å². The Labute approximate surface area is 86.6 Å². The van der Waals surface area contributed by atoms with Crippen molar-refractivity contribution in [3.05, 3.63) is 42.0 Å². The summed E-state index contributed by atoms with van der Waals surface area (Å²) < 4.78 is 0. The van der Waals surface area contributed by atoms with E-state index in [1.165, 1.54) is 5.56 Å². The van der Waals surface area contributed by atoms with E-state index in [0.29, 0.717) is 6.04 Å². The first kappa shape index (κ1) is 11.0. The zero-order valence-electron chi connectivity index (χ0n) is 8.87. The Kier molecular flexibility index (Phi) is 4.41. The summed E-state index contributed by atoms with van der Waals surface area (Å²) in [6.07, 6.45) is 5.09. The Morgan fingerprint density at radius 1 is 1.36 bits per heavy atom. The fourth-order valence-corrected chi connectivity index (χ4v) is 1.57. The van der Waals surface area contributed by atoms with Crippen LogP contribution in [0.3, 0.4) is 0 Å². The molecular formula is C13H19N. The average molecular weight is 189 g/mol. The first-order valence-corrected chi connectivity index (χ1v) is 5.23. The van der Waals surface area contributed by atoms with Crippen LogP contribution >= 0.6 is 0 Å². The van der Waals surface area contributed by atoms with E-state index in [1.807, 2.05) is 6.08 Å². The van der Waals surface area contributed by atoms with Crippen molar-refractivity contribution in [2.45, 2.75) is 32.2 Å². The van der Waals surface area contributed by atoms with Crippen LogP contribution in [0.4, 0.5) is 0 Å². The molecule has 0 heterocycles. The van der Waals surface area contributed by atoms with Crippen molar-refractivity contribution >= 4 is 6.08 Å². The SMILES string of the molecule is C=Cc1ccc(CC(N)CCC)cc1. The predicted octanol–water partition coefficient (Wildman–Crippen LogP) is 3.00. The molecule has 0 saturated heterocycles. The molecule has 1 atom stereocenters. The smallest absolute Gasteiger partial charge is 0.00792 e. The highest BCUT2D eigenvalue weighted by atomic mass is 14.6. The van der Waals surface area contributed by atoms with Gasteiger partial charge in [0, 0.05) is 6.04 Å². The summed E-state index contributed by atoms with van der Waals surface area (Å²) >= 11 is 0. The van der Waals surface area contributed by atoms with Gasteiger partial charge in [0.05, 0.1) is 0 Å². The minimum atomic E-state index is 0.301. The molecule has 1 aromatic carbocycles. The molecule has 0 fully saturated rings. The summed E-state index contributed by atoms with van der Waals surface area (Å²) in [7, 11) is 0. The number of nitrogens with two attached hydrogens (primary N) is 1. The molecular weight excluding hydrogens is 170 g/mol. The van der Waals surface area contributed by atoms with E-state index >= 15 is 0 Å². The molecule has 1 nitrogen and oxygen atoms in total. The molecule has 0 aromatic heterocycles. The second-order valence-electron chi connectivity index (χ2n) is 3.70. The van der Waals surface area contributed by atoms with Crippen molar-refractivity contribution < 1.29 is 0 Å². The van der Waals surface area contributed by atoms with Gasteiger partial charge in [-0.1, -0.05) is 50.3 Å². The Bertz CT molecular complexity index is 274. The van der Waals surface area contributed by atoms with Gasteiger partial charge in [-0.25, -0.2) is 0 Å². The van der Waals surface area contributed by atoms with Crippen LogP contribution in [0.1, 0.15) is 30.9 Å². The van der Waals surface area contributed by atoms with Crippen LogP contribution in [0, 0.1) is 0 Å². The van der Waals surface area contributed by atoms with Gasteiger partial charge < -0.3 is 5.73 Å². The van der Waals surface area contributed by atoms with Crippen molar-refractivity contribution in [2.75, 3.05) is 0 Å². The molecule has 1 unspecified atom stereocenters. The zero-order valence-corrected chi connectivity index (χ0v) is 8.87. The molecule has 0 spiro atoms. The Morgan fingerprint density at radius 2 is 2.00 bits per heavy atom. The van der Waals surface area contributed by atoms with E-state index in [1.54, 1.807) is 0 Å². The summed E-state index contributed by atoms with van der Waals surface area (Å²) in [6.45, 7) is 5.89. The first-order valence-electron chi connectivity index (χ1n) is 5.23. The lowest BCUT2D eigenvalue weighted by Crippen LogP contribution is -2.22. The average Bonchev–Trinajstić information content (AvgIpc) is 2.19. The highest BCUT2D eigenvalue weighted by molar-refractivity contribution is 5.47. The number of hydrogen-bond acceptors (Lipinski definition) is 1. The first-order chi connectivity index (χ1) is 6.76. The third-order valence-electron chi connectivity index (χ3n) is 2.37. The number of benzene rings is 1. The molecule has 0 aliphatic heterocycles. The van der Waals surface area contributed by atoms with E-state index in [4.69, 9.17) is 5.73 Å². The molecule has 1 rings (SSSR count). The van der Waals surface area contributed by atoms with Crippen LogP contribution in [-0.2, 0) is 6.42 Å². The summed E-state index contributed by atoms with van der Waals surface area (Å²) in [5.41, 5.74) is 8.45. The van der Waals surface area contributed by atoms with Gasteiger partial charge in [-0.05, 0) is 24.0 Å². The van der Waals surface area contributed by atoms with Crippen molar-refractivity contribution in [1.82, 2.24) is 0 Å². The standard InChI is InChI=1S/C13H19N/c1-3-5-13(14)10-12-8-6-11(4-2)7-9-12/h4,6-9,13H,2-3,5,10,14H2,1H3. The van der Waals surface area contributed by atoms with Gasteiger partial charge in [-0.15, -0.1) is 0 Å². The van der Waals surface area contributed by atoms with Crippen LogP contribution in [-0.4, -0.2) is 6.04 Å². The number of hydrogen-bond donors (Lipinski definition) is 1. The normalized spacial score (nSPS) is 12.4. The van der Waals surface area contributed by atoms with Crippen LogP contribution < -0.4 is 5.73 Å². The Morgan fingerprint density at radius 3 is 2.50 bits per heavy atom. The van der Waals surface area contributed by atoms with E-state index in [-0.39, 0.29) is 0 Å².